The van der Waals surface area contributed by atoms with Crippen molar-refractivity contribution in [3.05, 3.63) is 11.9 Å². The molecule has 1 aliphatic rings. The van der Waals surface area contributed by atoms with Gasteiger partial charge in [-0.25, -0.2) is 18.4 Å². The first-order valence-electron chi connectivity index (χ1n) is 6.09. The number of aromatic nitrogens is 2. The summed E-state index contributed by atoms with van der Waals surface area (Å²) in [6, 6.07) is 1.83. The van der Waals surface area contributed by atoms with Crippen LogP contribution >= 0.6 is 0 Å². The summed E-state index contributed by atoms with van der Waals surface area (Å²) in [5.74, 6) is 2.30. The van der Waals surface area contributed by atoms with Gasteiger partial charge in [0.1, 0.15) is 27.3 Å². The maximum atomic E-state index is 11.3. The Kier molecular flexibility index (Phi) is 3.70. The smallest absolute Gasteiger partial charge is 0.150 e. The molecule has 0 unspecified atom stereocenters. The quantitative estimate of drug-likeness (QED) is 0.835. The zero-order valence-electron chi connectivity index (χ0n) is 10.4. The third kappa shape index (κ3) is 3.32. The van der Waals surface area contributed by atoms with E-state index in [4.69, 9.17) is 5.73 Å². The number of sulfone groups is 1. The van der Waals surface area contributed by atoms with E-state index < -0.39 is 9.84 Å². The molecule has 0 spiro atoms. The van der Waals surface area contributed by atoms with Crippen LogP contribution in [-0.4, -0.2) is 35.9 Å². The van der Waals surface area contributed by atoms with Gasteiger partial charge in [-0.1, -0.05) is 6.92 Å². The highest BCUT2D eigenvalue weighted by Gasteiger charge is 2.23. The van der Waals surface area contributed by atoms with Crippen LogP contribution in [0.3, 0.4) is 0 Å². The molecule has 0 radical (unpaired) electrons. The summed E-state index contributed by atoms with van der Waals surface area (Å²) in [5, 5.41) is 3.24. The van der Waals surface area contributed by atoms with Gasteiger partial charge in [0, 0.05) is 18.5 Å². The predicted octanol–water partition coefficient (Wildman–Crippen LogP) is 0.610. The van der Waals surface area contributed by atoms with E-state index in [9.17, 15) is 8.42 Å². The van der Waals surface area contributed by atoms with E-state index in [0.717, 1.165) is 6.42 Å². The molecule has 1 saturated heterocycles. The lowest BCUT2D eigenvalue weighted by atomic mass is 10.1. The first-order valence-corrected chi connectivity index (χ1v) is 7.91. The van der Waals surface area contributed by atoms with Gasteiger partial charge in [0.05, 0.1) is 11.5 Å². The van der Waals surface area contributed by atoms with Crippen molar-refractivity contribution in [1.82, 2.24) is 9.97 Å². The van der Waals surface area contributed by atoms with Gasteiger partial charge in [-0.15, -0.1) is 0 Å². The highest BCUT2D eigenvalue weighted by Crippen LogP contribution is 2.17. The van der Waals surface area contributed by atoms with Gasteiger partial charge in [0.15, 0.2) is 0 Å². The molecule has 1 fully saturated rings. The van der Waals surface area contributed by atoms with Crippen molar-refractivity contribution < 1.29 is 8.42 Å². The number of anilines is 2. The first-order chi connectivity index (χ1) is 8.48. The van der Waals surface area contributed by atoms with Crippen molar-refractivity contribution in [1.29, 1.82) is 0 Å². The Bertz CT molecular complexity index is 516. The van der Waals surface area contributed by atoms with Crippen LogP contribution < -0.4 is 11.1 Å². The molecule has 0 saturated carbocycles. The Morgan fingerprint density at radius 2 is 2.06 bits per heavy atom. The molecule has 1 aromatic heterocycles. The average Bonchev–Trinajstić information content (AvgIpc) is 2.31. The molecule has 1 aromatic rings. The second kappa shape index (κ2) is 5.09. The van der Waals surface area contributed by atoms with Gasteiger partial charge in [-0.2, -0.15) is 0 Å². The summed E-state index contributed by atoms with van der Waals surface area (Å²) in [6.45, 7) is 1.96. The van der Waals surface area contributed by atoms with E-state index in [0.29, 0.717) is 30.3 Å². The molecule has 7 heteroatoms. The van der Waals surface area contributed by atoms with Gasteiger partial charge >= 0.3 is 0 Å². The monoisotopic (exact) mass is 270 g/mol. The van der Waals surface area contributed by atoms with Crippen molar-refractivity contribution in [2.24, 2.45) is 0 Å². The number of hydrogen-bond acceptors (Lipinski definition) is 6. The zero-order chi connectivity index (χ0) is 13.2. The van der Waals surface area contributed by atoms with E-state index in [1.807, 2.05) is 6.92 Å². The van der Waals surface area contributed by atoms with Gasteiger partial charge < -0.3 is 11.1 Å². The molecule has 100 valence electrons. The number of nitrogens with one attached hydrogen (secondary N) is 1. The summed E-state index contributed by atoms with van der Waals surface area (Å²) >= 11 is 0. The molecular weight excluding hydrogens is 252 g/mol. The number of aryl methyl sites for hydroxylation is 1. The predicted molar refractivity (Wildman–Crippen MR) is 71.1 cm³/mol. The zero-order valence-corrected chi connectivity index (χ0v) is 11.2. The van der Waals surface area contributed by atoms with Gasteiger partial charge in [-0.05, 0) is 12.8 Å². The molecular formula is C11H18N4O2S. The van der Waals surface area contributed by atoms with E-state index in [1.54, 1.807) is 6.07 Å². The summed E-state index contributed by atoms with van der Waals surface area (Å²) in [7, 11) is -2.83. The topological polar surface area (TPSA) is 98.0 Å². The van der Waals surface area contributed by atoms with Crippen LogP contribution in [0.25, 0.3) is 0 Å². The van der Waals surface area contributed by atoms with Crippen LogP contribution in [0.1, 0.15) is 25.6 Å². The standard InChI is InChI=1S/C11H18N4O2S/c1-2-10-14-9(12)7-11(15-10)13-8-3-5-18(16,17)6-4-8/h7-8H,2-6H2,1H3,(H3,12,13,14,15). The average molecular weight is 270 g/mol. The fourth-order valence-electron chi connectivity index (χ4n) is 1.99. The van der Waals surface area contributed by atoms with Crippen LogP contribution in [0.15, 0.2) is 6.07 Å². The number of nitrogen functional groups attached to an aromatic ring is 1. The third-order valence-electron chi connectivity index (χ3n) is 3.02. The van der Waals surface area contributed by atoms with Crippen LogP contribution in [0.5, 0.6) is 0 Å². The van der Waals surface area contributed by atoms with E-state index >= 15 is 0 Å². The number of nitrogens with zero attached hydrogens (tertiary/aromatic N) is 2. The van der Waals surface area contributed by atoms with Crippen LogP contribution in [0.4, 0.5) is 11.6 Å². The molecule has 0 aliphatic carbocycles. The van der Waals surface area contributed by atoms with Crippen molar-refractivity contribution >= 4 is 21.5 Å². The Morgan fingerprint density at radius 1 is 1.39 bits per heavy atom. The third-order valence-corrected chi connectivity index (χ3v) is 4.73. The Hall–Kier alpha value is -1.37. The molecule has 2 rings (SSSR count). The fourth-order valence-corrected chi connectivity index (χ4v) is 3.48. The maximum absolute atomic E-state index is 11.3. The second-order valence-corrected chi connectivity index (χ2v) is 6.82. The maximum Gasteiger partial charge on any atom is 0.150 e. The van der Waals surface area contributed by atoms with Crippen LogP contribution in [0, 0.1) is 0 Å². The number of rotatable bonds is 3. The van der Waals surface area contributed by atoms with Crippen molar-refractivity contribution in [2.45, 2.75) is 32.2 Å². The number of hydrogen-bond donors (Lipinski definition) is 2. The molecule has 18 heavy (non-hydrogen) atoms. The normalized spacial score (nSPS) is 19.6. The van der Waals surface area contributed by atoms with Gasteiger partial charge in [0.25, 0.3) is 0 Å². The summed E-state index contributed by atoms with van der Waals surface area (Å²) in [6.07, 6.45) is 1.96. The molecule has 1 aliphatic heterocycles. The molecule has 0 aromatic carbocycles. The molecule has 0 amide bonds. The van der Waals surface area contributed by atoms with Crippen molar-refractivity contribution in [2.75, 3.05) is 22.6 Å². The van der Waals surface area contributed by atoms with Gasteiger partial charge in [-0.3, -0.25) is 0 Å². The SMILES string of the molecule is CCc1nc(N)cc(NC2CCS(=O)(=O)CC2)n1. The lowest BCUT2D eigenvalue weighted by Gasteiger charge is -2.23. The fraction of sp³-hybridized carbons (Fsp3) is 0.636. The summed E-state index contributed by atoms with van der Waals surface area (Å²) in [5.41, 5.74) is 5.70. The minimum atomic E-state index is -2.83. The lowest BCUT2D eigenvalue weighted by Crippen LogP contribution is -2.32. The largest absolute Gasteiger partial charge is 0.384 e. The molecule has 6 nitrogen and oxygen atoms in total. The van der Waals surface area contributed by atoms with E-state index in [1.165, 1.54) is 0 Å². The van der Waals surface area contributed by atoms with Crippen molar-refractivity contribution in [3.63, 3.8) is 0 Å². The first kappa shape index (κ1) is 13.1. The van der Waals surface area contributed by atoms with Crippen molar-refractivity contribution in [3.8, 4) is 0 Å². The summed E-state index contributed by atoms with van der Waals surface area (Å²) < 4.78 is 22.7. The van der Waals surface area contributed by atoms with E-state index in [2.05, 4.69) is 15.3 Å². The van der Waals surface area contributed by atoms with Crippen LogP contribution in [-0.2, 0) is 16.3 Å². The Labute approximate surface area is 107 Å². The second-order valence-electron chi connectivity index (χ2n) is 4.52. The van der Waals surface area contributed by atoms with Gasteiger partial charge in [0.2, 0.25) is 0 Å². The molecule has 0 bridgehead atoms. The molecule has 2 heterocycles. The summed E-state index contributed by atoms with van der Waals surface area (Å²) in [4.78, 5) is 8.43. The highest BCUT2D eigenvalue weighted by atomic mass is 32.2. The minimum absolute atomic E-state index is 0.146. The van der Waals surface area contributed by atoms with Crippen LogP contribution in [0.2, 0.25) is 0 Å². The molecule has 3 N–H and O–H groups in total. The highest BCUT2D eigenvalue weighted by molar-refractivity contribution is 7.91. The molecule has 0 atom stereocenters. The minimum Gasteiger partial charge on any atom is -0.384 e. The Morgan fingerprint density at radius 3 is 2.67 bits per heavy atom. The number of nitrogens with two attached hydrogens (primary N) is 1. The Balaban J connectivity index is 2.04. The lowest BCUT2D eigenvalue weighted by molar-refractivity contribution is 0.559. The van der Waals surface area contributed by atoms with E-state index in [-0.39, 0.29) is 17.5 Å².